The topological polar surface area (TPSA) is 30.5 Å². The van der Waals surface area contributed by atoms with E-state index < -0.39 is 0 Å². The first kappa shape index (κ1) is 12.9. The van der Waals surface area contributed by atoms with Gasteiger partial charge in [0, 0.05) is 29.8 Å². The van der Waals surface area contributed by atoms with Crippen molar-refractivity contribution in [1.82, 2.24) is 0 Å². The summed E-state index contributed by atoms with van der Waals surface area (Å²) in [6.07, 6.45) is 0. The van der Waals surface area contributed by atoms with Gasteiger partial charge in [0.05, 0.1) is 13.2 Å². The van der Waals surface area contributed by atoms with Crippen LogP contribution in [0, 0.1) is 0 Å². The maximum absolute atomic E-state index is 5.70. The number of rotatable bonds is 5. The van der Waals surface area contributed by atoms with Crippen LogP contribution in [0.2, 0.25) is 0 Å². The summed E-state index contributed by atoms with van der Waals surface area (Å²) in [5.74, 6) is 2.32. The first-order valence-corrected chi connectivity index (χ1v) is 7.05. The van der Waals surface area contributed by atoms with Gasteiger partial charge in [0.1, 0.15) is 11.5 Å². The van der Waals surface area contributed by atoms with Crippen molar-refractivity contribution in [2.45, 2.75) is 12.8 Å². The fourth-order valence-corrected chi connectivity index (χ4v) is 2.50. The lowest BCUT2D eigenvalue weighted by Crippen LogP contribution is -2.13. The highest BCUT2D eigenvalue weighted by Crippen LogP contribution is 2.33. The van der Waals surface area contributed by atoms with Gasteiger partial charge in [-0.1, -0.05) is 24.3 Å². The first-order valence-electron chi connectivity index (χ1n) is 7.05. The summed E-state index contributed by atoms with van der Waals surface area (Å²) in [5, 5.41) is 3.47. The highest BCUT2D eigenvalue weighted by atomic mass is 16.5. The zero-order valence-electron chi connectivity index (χ0n) is 11.6. The molecule has 1 aliphatic rings. The molecule has 0 fully saturated rings. The molecule has 0 saturated heterocycles. The molecule has 0 saturated carbocycles. The van der Waals surface area contributed by atoms with Crippen LogP contribution in [0.3, 0.4) is 0 Å². The number of benzene rings is 2. The Hall–Kier alpha value is -2.16. The van der Waals surface area contributed by atoms with Crippen molar-refractivity contribution in [3.05, 3.63) is 54.1 Å². The van der Waals surface area contributed by atoms with E-state index in [4.69, 9.17) is 9.47 Å². The Bertz CT molecular complexity index is 583. The molecule has 20 heavy (non-hydrogen) atoms. The van der Waals surface area contributed by atoms with Crippen molar-refractivity contribution in [2.75, 3.05) is 25.1 Å². The van der Waals surface area contributed by atoms with Crippen LogP contribution in [0.25, 0.3) is 0 Å². The van der Waals surface area contributed by atoms with Crippen molar-refractivity contribution in [1.29, 1.82) is 0 Å². The van der Waals surface area contributed by atoms with Gasteiger partial charge in [0.15, 0.2) is 0 Å². The summed E-state index contributed by atoms with van der Waals surface area (Å²) < 4.78 is 11.2. The van der Waals surface area contributed by atoms with Crippen molar-refractivity contribution >= 4 is 5.69 Å². The molecule has 104 valence electrons. The lowest BCUT2D eigenvalue weighted by Gasteiger charge is -2.12. The fourth-order valence-electron chi connectivity index (χ4n) is 2.50. The van der Waals surface area contributed by atoms with Crippen LogP contribution in [-0.4, -0.2) is 19.8 Å². The molecule has 1 N–H and O–H groups in total. The Labute approximate surface area is 119 Å². The molecule has 3 heteroatoms. The molecule has 1 aliphatic heterocycles. The zero-order valence-corrected chi connectivity index (χ0v) is 11.6. The van der Waals surface area contributed by atoms with Gasteiger partial charge in [-0.05, 0) is 25.1 Å². The van der Waals surface area contributed by atoms with Gasteiger partial charge in [-0.15, -0.1) is 0 Å². The Morgan fingerprint density at radius 2 is 2.10 bits per heavy atom. The van der Waals surface area contributed by atoms with Crippen LogP contribution in [0.5, 0.6) is 11.5 Å². The van der Waals surface area contributed by atoms with Crippen LogP contribution in [0.15, 0.2) is 48.5 Å². The number of ether oxygens (including phenoxy) is 2. The minimum absolute atomic E-state index is 0.405. The predicted octanol–water partition coefficient (Wildman–Crippen LogP) is 3.67. The van der Waals surface area contributed by atoms with E-state index in [9.17, 15) is 0 Å². The minimum Gasteiger partial charge on any atom is -0.494 e. The second-order valence-corrected chi connectivity index (χ2v) is 4.89. The van der Waals surface area contributed by atoms with Gasteiger partial charge >= 0.3 is 0 Å². The van der Waals surface area contributed by atoms with Crippen molar-refractivity contribution < 1.29 is 9.47 Å². The van der Waals surface area contributed by atoms with Crippen molar-refractivity contribution in [3.8, 4) is 11.5 Å². The van der Waals surface area contributed by atoms with Crippen molar-refractivity contribution in [2.24, 2.45) is 0 Å². The summed E-state index contributed by atoms with van der Waals surface area (Å²) >= 11 is 0. The second kappa shape index (κ2) is 5.87. The molecular formula is C17H19NO2. The first-order chi connectivity index (χ1) is 9.86. The van der Waals surface area contributed by atoms with Gasteiger partial charge in [-0.3, -0.25) is 0 Å². The lowest BCUT2D eigenvalue weighted by molar-refractivity contribution is 0.334. The monoisotopic (exact) mass is 269 g/mol. The molecule has 2 aromatic carbocycles. The molecule has 3 rings (SSSR count). The molecule has 0 aromatic heterocycles. The summed E-state index contributed by atoms with van der Waals surface area (Å²) in [4.78, 5) is 0. The molecular weight excluding hydrogens is 250 g/mol. The van der Waals surface area contributed by atoms with Crippen LogP contribution in [0.4, 0.5) is 5.69 Å². The molecule has 0 aliphatic carbocycles. The van der Waals surface area contributed by atoms with E-state index in [0.717, 1.165) is 30.3 Å². The van der Waals surface area contributed by atoms with E-state index in [2.05, 4.69) is 23.5 Å². The second-order valence-electron chi connectivity index (χ2n) is 4.89. The van der Waals surface area contributed by atoms with Gasteiger partial charge < -0.3 is 14.8 Å². The van der Waals surface area contributed by atoms with E-state index in [-0.39, 0.29) is 0 Å². The SMILES string of the molecule is CCOc1cccc(NCC2COc3ccccc32)c1. The average Bonchev–Trinajstić information content (AvgIpc) is 2.89. The molecule has 1 atom stereocenters. The molecule has 0 amide bonds. The van der Waals surface area contributed by atoms with Crippen LogP contribution < -0.4 is 14.8 Å². The highest BCUT2D eigenvalue weighted by molar-refractivity contribution is 5.49. The van der Waals surface area contributed by atoms with Crippen LogP contribution >= 0.6 is 0 Å². The Morgan fingerprint density at radius 3 is 3.00 bits per heavy atom. The van der Waals surface area contributed by atoms with E-state index in [0.29, 0.717) is 12.5 Å². The number of hydrogen-bond acceptors (Lipinski definition) is 3. The van der Waals surface area contributed by atoms with Gasteiger partial charge in [0.25, 0.3) is 0 Å². The number of hydrogen-bond donors (Lipinski definition) is 1. The Balaban J connectivity index is 1.64. The van der Waals surface area contributed by atoms with Gasteiger partial charge in [-0.2, -0.15) is 0 Å². The number of fused-ring (bicyclic) bond motifs is 1. The molecule has 1 heterocycles. The minimum atomic E-state index is 0.405. The third kappa shape index (κ3) is 2.72. The fraction of sp³-hybridized carbons (Fsp3) is 0.294. The van der Waals surface area contributed by atoms with E-state index >= 15 is 0 Å². The summed E-state index contributed by atoms with van der Waals surface area (Å²) in [6, 6.07) is 16.3. The third-order valence-electron chi connectivity index (χ3n) is 3.50. The Morgan fingerprint density at radius 1 is 1.20 bits per heavy atom. The average molecular weight is 269 g/mol. The third-order valence-corrected chi connectivity index (χ3v) is 3.50. The molecule has 0 spiro atoms. The van der Waals surface area contributed by atoms with Crippen LogP contribution in [-0.2, 0) is 0 Å². The zero-order chi connectivity index (χ0) is 13.8. The number of para-hydroxylation sites is 1. The van der Waals surface area contributed by atoms with E-state index in [1.165, 1.54) is 5.56 Å². The standard InChI is InChI=1S/C17H19NO2/c1-2-19-15-7-5-6-14(10-15)18-11-13-12-20-17-9-4-3-8-16(13)17/h3-10,13,18H,2,11-12H2,1H3. The van der Waals surface area contributed by atoms with Crippen LogP contribution in [0.1, 0.15) is 18.4 Å². The highest BCUT2D eigenvalue weighted by Gasteiger charge is 2.23. The van der Waals surface area contributed by atoms with Gasteiger partial charge in [0.2, 0.25) is 0 Å². The number of anilines is 1. The summed E-state index contributed by atoms with van der Waals surface area (Å²) in [6.45, 7) is 4.30. The Kier molecular flexibility index (Phi) is 3.77. The van der Waals surface area contributed by atoms with Crippen molar-refractivity contribution in [3.63, 3.8) is 0 Å². The maximum atomic E-state index is 5.70. The molecule has 2 aromatic rings. The predicted molar refractivity (Wildman–Crippen MR) is 80.8 cm³/mol. The quantitative estimate of drug-likeness (QED) is 0.898. The lowest BCUT2D eigenvalue weighted by atomic mass is 10.0. The van der Waals surface area contributed by atoms with E-state index in [1.54, 1.807) is 0 Å². The molecule has 0 radical (unpaired) electrons. The number of nitrogens with one attached hydrogen (secondary N) is 1. The largest absolute Gasteiger partial charge is 0.494 e. The summed E-state index contributed by atoms with van der Waals surface area (Å²) in [7, 11) is 0. The normalized spacial score (nSPS) is 16.4. The molecule has 0 bridgehead atoms. The molecule has 1 unspecified atom stereocenters. The maximum Gasteiger partial charge on any atom is 0.122 e. The van der Waals surface area contributed by atoms with E-state index in [1.807, 2.05) is 37.3 Å². The smallest absolute Gasteiger partial charge is 0.122 e. The summed E-state index contributed by atoms with van der Waals surface area (Å²) in [5.41, 5.74) is 2.38. The molecule has 3 nitrogen and oxygen atoms in total. The van der Waals surface area contributed by atoms with Gasteiger partial charge in [-0.25, -0.2) is 0 Å².